The summed E-state index contributed by atoms with van der Waals surface area (Å²) in [5, 5.41) is 19.8. The summed E-state index contributed by atoms with van der Waals surface area (Å²) in [6.07, 6.45) is 10.3. The van der Waals surface area contributed by atoms with Crippen molar-refractivity contribution in [2.75, 3.05) is 36.1 Å². The molecule has 2 aromatic heterocycles. The van der Waals surface area contributed by atoms with E-state index in [0.717, 1.165) is 22.5 Å². The van der Waals surface area contributed by atoms with Crippen LogP contribution in [-0.2, 0) is 7.05 Å². The van der Waals surface area contributed by atoms with Crippen LogP contribution in [0.4, 0.5) is 22.9 Å². The van der Waals surface area contributed by atoms with Gasteiger partial charge < -0.3 is 31.0 Å². The van der Waals surface area contributed by atoms with Crippen LogP contribution in [0.2, 0.25) is 0 Å². The maximum absolute atomic E-state index is 9.10. The molecule has 0 amide bonds. The van der Waals surface area contributed by atoms with Crippen LogP contribution in [-0.4, -0.2) is 46.1 Å². The van der Waals surface area contributed by atoms with Crippen LogP contribution in [0, 0.1) is 5.41 Å². The van der Waals surface area contributed by atoms with Crippen molar-refractivity contribution in [2.24, 2.45) is 7.05 Å². The molecule has 8 heteroatoms. The van der Waals surface area contributed by atoms with E-state index >= 15 is 0 Å². The van der Waals surface area contributed by atoms with Crippen molar-refractivity contribution >= 4 is 29.1 Å². The van der Waals surface area contributed by atoms with E-state index in [0.29, 0.717) is 23.6 Å². The Kier molecular flexibility index (Phi) is 7.18. The molecule has 8 nitrogen and oxygen atoms in total. The van der Waals surface area contributed by atoms with E-state index in [2.05, 4.69) is 15.3 Å². The lowest BCUT2D eigenvalue weighted by atomic mass is 10.0. The number of pyridine rings is 1. The second kappa shape index (κ2) is 10.2. The zero-order chi connectivity index (χ0) is 22.2. The minimum Gasteiger partial charge on any atom is -0.398 e. The lowest BCUT2D eigenvalue weighted by Crippen LogP contribution is -2.21. The molecule has 0 aliphatic rings. The molecule has 0 aliphatic carbocycles. The van der Waals surface area contributed by atoms with Gasteiger partial charge in [0.25, 0.3) is 0 Å². The number of anilines is 4. The highest BCUT2D eigenvalue weighted by atomic mass is 16.3. The van der Waals surface area contributed by atoms with Crippen molar-refractivity contribution in [3.8, 4) is 11.1 Å². The van der Waals surface area contributed by atoms with Crippen LogP contribution in [0.3, 0.4) is 0 Å². The Bertz CT molecular complexity index is 1090. The fourth-order valence-electron chi connectivity index (χ4n) is 3.00. The molecule has 2 heterocycles. The van der Waals surface area contributed by atoms with Gasteiger partial charge in [0, 0.05) is 62.3 Å². The highest BCUT2D eigenvalue weighted by molar-refractivity contribution is 5.87. The van der Waals surface area contributed by atoms with Gasteiger partial charge in [-0.3, -0.25) is 4.98 Å². The van der Waals surface area contributed by atoms with Crippen molar-refractivity contribution in [2.45, 2.75) is 0 Å². The van der Waals surface area contributed by atoms with E-state index in [9.17, 15) is 0 Å². The van der Waals surface area contributed by atoms with Gasteiger partial charge in [0.15, 0.2) is 0 Å². The summed E-state index contributed by atoms with van der Waals surface area (Å²) in [6, 6.07) is 11.4. The number of aliphatic hydroxyl groups is 1. The molecule has 0 radical (unpaired) electrons. The summed E-state index contributed by atoms with van der Waals surface area (Å²) in [5.74, 6) is 0.674. The summed E-state index contributed by atoms with van der Waals surface area (Å²) in [7, 11) is 3.83. The molecule has 3 aromatic rings. The number of aromatic nitrogens is 3. The standard InChI is InChI=1S/C23H27N7O/c1-29-8-7-26-14-20(28-23-6-5-21(15-27-23)30(2)9-10-31)11-19(16-29)17-3-4-18(13-24)22(25)12-17/h3-8,11-16,24,31H,9-10,25H2,1-2H3,(H,27,28). The Labute approximate surface area is 181 Å². The Morgan fingerprint density at radius 2 is 2.03 bits per heavy atom. The molecule has 1 aromatic carbocycles. The number of aliphatic hydroxyl groups excluding tert-OH is 1. The highest BCUT2D eigenvalue weighted by Gasteiger charge is 2.05. The lowest BCUT2D eigenvalue weighted by Gasteiger charge is -2.17. The molecule has 5 N–H and O–H groups in total. The fourth-order valence-corrected chi connectivity index (χ4v) is 3.00. The molecule has 0 spiro atoms. The van der Waals surface area contributed by atoms with Crippen LogP contribution >= 0.6 is 0 Å². The molecule has 0 fully saturated rings. The zero-order valence-corrected chi connectivity index (χ0v) is 17.7. The monoisotopic (exact) mass is 417 g/mol. The van der Waals surface area contributed by atoms with Gasteiger partial charge in [0.2, 0.25) is 0 Å². The normalized spacial score (nSPS) is 10.3. The number of benzene rings is 1. The zero-order valence-electron chi connectivity index (χ0n) is 17.7. The highest BCUT2D eigenvalue weighted by Crippen LogP contribution is 2.25. The average Bonchev–Trinajstić information content (AvgIpc) is 2.85. The molecular weight excluding hydrogens is 390 g/mol. The number of nitrogens with zero attached hydrogens (tertiary/aromatic N) is 4. The van der Waals surface area contributed by atoms with Crippen LogP contribution in [0.15, 0.2) is 67.4 Å². The Morgan fingerprint density at radius 3 is 2.71 bits per heavy atom. The number of nitrogens with one attached hydrogen (secondary N) is 2. The first-order valence-electron chi connectivity index (χ1n) is 9.81. The Morgan fingerprint density at radius 1 is 1.19 bits per heavy atom. The first kappa shape index (κ1) is 21.8. The largest absolute Gasteiger partial charge is 0.398 e. The Balaban J connectivity index is 1.98. The minimum absolute atomic E-state index is 0.0856. The molecule has 31 heavy (non-hydrogen) atoms. The van der Waals surface area contributed by atoms with E-state index in [1.165, 1.54) is 6.21 Å². The van der Waals surface area contributed by atoms with Crippen molar-refractivity contribution in [1.82, 2.24) is 14.5 Å². The first-order valence-corrected chi connectivity index (χ1v) is 9.81. The van der Waals surface area contributed by atoms with E-state index in [1.807, 2.05) is 72.4 Å². The summed E-state index contributed by atoms with van der Waals surface area (Å²) in [6.45, 7) is 0.627. The number of nitrogen functional groups attached to an aromatic ring is 1. The van der Waals surface area contributed by atoms with Gasteiger partial charge >= 0.3 is 0 Å². The van der Waals surface area contributed by atoms with E-state index in [-0.39, 0.29) is 6.61 Å². The van der Waals surface area contributed by atoms with Crippen LogP contribution in [0.25, 0.3) is 11.1 Å². The molecule has 0 saturated carbocycles. The van der Waals surface area contributed by atoms with Gasteiger partial charge in [0.1, 0.15) is 5.82 Å². The van der Waals surface area contributed by atoms with Gasteiger partial charge in [-0.15, -0.1) is 0 Å². The molecule has 0 atom stereocenters. The van der Waals surface area contributed by atoms with E-state index in [4.69, 9.17) is 16.2 Å². The SMILES string of the molecule is CN(CCO)c1ccc(Nc2cnccn(C)cc(-c3ccc(C=N)c(N)c3)c2)nc1. The number of rotatable bonds is 7. The van der Waals surface area contributed by atoms with Gasteiger partial charge in [-0.05, 0) is 29.8 Å². The molecule has 3 rings (SSSR count). The van der Waals surface area contributed by atoms with Crippen molar-refractivity contribution < 1.29 is 5.11 Å². The van der Waals surface area contributed by atoms with E-state index in [1.54, 1.807) is 18.6 Å². The van der Waals surface area contributed by atoms with Gasteiger partial charge in [-0.2, -0.15) is 0 Å². The maximum atomic E-state index is 9.10. The second-order valence-electron chi connectivity index (χ2n) is 7.09. The molecule has 0 saturated heterocycles. The van der Waals surface area contributed by atoms with Crippen LogP contribution in [0.5, 0.6) is 0 Å². The quantitative estimate of drug-likeness (QED) is 0.346. The average molecular weight is 418 g/mol. The molecule has 0 bridgehead atoms. The smallest absolute Gasteiger partial charge is 0.130 e. The third kappa shape index (κ3) is 5.80. The third-order valence-electron chi connectivity index (χ3n) is 4.73. The van der Waals surface area contributed by atoms with Crippen molar-refractivity contribution in [3.05, 3.63) is 72.9 Å². The van der Waals surface area contributed by atoms with Gasteiger partial charge in [-0.25, -0.2) is 4.98 Å². The molecular formula is C23H27N7O. The minimum atomic E-state index is 0.0856. The first-order chi connectivity index (χ1) is 15.0. The predicted molar refractivity (Wildman–Crippen MR) is 126 cm³/mol. The number of aryl methyl sites for hydroxylation is 1. The summed E-state index contributed by atoms with van der Waals surface area (Å²) >= 11 is 0. The second-order valence-corrected chi connectivity index (χ2v) is 7.09. The van der Waals surface area contributed by atoms with Crippen LogP contribution in [0.1, 0.15) is 5.56 Å². The van der Waals surface area contributed by atoms with Gasteiger partial charge in [-0.1, -0.05) is 12.1 Å². The molecule has 0 aliphatic heterocycles. The lowest BCUT2D eigenvalue weighted by molar-refractivity contribution is 0.304. The number of hydrogen-bond donors (Lipinski definition) is 4. The van der Waals surface area contributed by atoms with Crippen molar-refractivity contribution in [3.63, 3.8) is 0 Å². The predicted octanol–water partition coefficient (Wildman–Crippen LogP) is 3.36. The third-order valence-corrected chi connectivity index (χ3v) is 4.73. The number of nitrogens with two attached hydrogens (primary N) is 1. The summed E-state index contributed by atoms with van der Waals surface area (Å²) in [4.78, 5) is 10.7. The number of hydrogen-bond acceptors (Lipinski definition) is 7. The summed E-state index contributed by atoms with van der Waals surface area (Å²) < 4.78 is 1.91. The summed E-state index contributed by atoms with van der Waals surface area (Å²) in [5.41, 5.74) is 10.8. The fraction of sp³-hybridized carbons (Fsp3) is 0.174. The van der Waals surface area contributed by atoms with Gasteiger partial charge in [0.05, 0.1) is 30.4 Å². The topological polar surface area (TPSA) is 116 Å². The molecule has 160 valence electrons. The molecule has 0 unspecified atom stereocenters. The van der Waals surface area contributed by atoms with E-state index < -0.39 is 0 Å². The Hall–Kier alpha value is -3.91. The van der Waals surface area contributed by atoms with Crippen LogP contribution < -0.4 is 16.0 Å². The maximum Gasteiger partial charge on any atom is 0.130 e. The van der Waals surface area contributed by atoms with Crippen molar-refractivity contribution in [1.29, 1.82) is 5.41 Å². The number of likely N-dealkylation sites (N-methyl/N-ethyl adjacent to an activating group) is 1.